The van der Waals surface area contributed by atoms with Crippen molar-refractivity contribution in [2.45, 2.75) is 24.9 Å². The Labute approximate surface area is 95.0 Å². The Bertz CT molecular complexity index is 361. The van der Waals surface area contributed by atoms with Gasteiger partial charge in [0.25, 0.3) is 0 Å². The molecule has 1 fully saturated rings. The lowest BCUT2D eigenvalue weighted by molar-refractivity contribution is -0.146. The van der Waals surface area contributed by atoms with Gasteiger partial charge < -0.3 is 9.84 Å². The van der Waals surface area contributed by atoms with E-state index in [9.17, 15) is 9.90 Å². The summed E-state index contributed by atoms with van der Waals surface area (Å²) >= 11 is 0. The van der Waals surface area contributed by atoms with Gasteiger partial charge in [-0.3, -0.25) is 4.79 Å². The number of hydrogen-bond acceptors (Lipinski definition) is 3. The first-order chi connectivity index (χ1) is 7.74. The molecule has 1 aromatic rings. The second kappa shape index (κ2) is 4.66. The van der Waals surface area contributed by atoms with Crippen LogP contribution >= 0.6 is 0 Å². The molecule has 0 amide bonds. The summed E-state index contributed by atoms with van der Waals surface area (Å²) < 4.78 is 4.78. The van der Waals surface area contributed by atoms with E-state index < -0.39 is 6.10 Å². The van der Waals surface area contributed by atoms with Gasteiger partial charge in [-0.25, -0.2) is 0 Å². The molecule has 0 aliphatic heterocycles. The average Bonchev–Trinajstić information content (AvgIpc) is 2.71. The first-order valence-electron chi connectivity index (χ1n) is 5.55. The number of carbonyl (C=O) groups excluding carboxylic acids is 1. The summed E-state index contributed by atoms with van der Waals surface area (Å²) in [6.45, 7) is 0. The van der Waals surface area contributed by atoms with E-state index in [0.29, 0.717) is 12.8 Å². The average molecular weight is 220 g/mol. The predicted octanol–water partition coefficient (Wildman–Crippen LogP) is 1.71. The summed E-state index contributed by atoms with van der Waals surface area (Å²) in [5.41, 5.74) is 1.02. The van der Waals surface area contributed by atoms with E-state index in [1.807, 2.05) is 30.3 Å². The molecule has 0 radical (unpaired) electrons. The van der Waals surface area contributed by atoms with E-state index in [1.54, 1.807) is 0 Å². The van der Waals surface area contributed by atoms with Crippen LogP contribution in [0.4, 0.5) is 0 Å². The standard InChI is InChI=1S/C13H16O3/c1-16-13(15)10-7-8-11(14)12(10)9-5-3-2-4-6-9/h2-6,10-12,14H,7-8H2,1H3/t10-,11-,12+/m0/s1. The molecule has 2 rings (SSSR count). The lowest BCUT2D eigenvalue weighted by atomic mass is 9.88. The fourth-order valence-corrected chi connectivity index (χ4v) is 2.52. The largest absolute Gasteiger partial charge is 0.469 e. The van der Waals surface area contributed by atoms with Crippen LogP contribution in [-0.2, 0) is 9.53 Å². The van der Waals surface area contributed by atoms with Crippen LogP contribution in [-0.4, -0.2) is 24.3 Å². The fraction of sp³-hybridized carbons (Fsp3) is 0.462. The van der Waals surface area contributed by atoms with Crippen LogP contribution in [0.15, 0.2) is 30.3 Å². The van der Waals surface area contributed by atoms with Crippen molar-refractivity contribution in [1.29, 1.82) is 0 Å². The number of esters is 1. The molecule has 1 N–H and O–H groups in total. The van der Waals surface area contributed by atoms with E-state index in [2.05, 4.69) is 0 Å². The predicted molar refractivity (Wildman–Crippen MR) is 59.9 cm³/mol. The molecule has 0 aromatic heterocycles. The summed E-state index contributed by atoms with van der Waals surface area (Å²) in [7, 11) is 1.40. The number of ether oxygens (including phenoxy) is 1. The van der Waals surface area contributed by atoms with Gasteiger partial charge in [0.05, 0.1) is 19.1 Å². The van der Waals surface area contributed by atoms with Crippen molar-refractivity contribution in [3.8, 4) is 0 Å². The van der Waals surface area contributed by atoms with Crippen LogP contribution in [0, 0.1) is 5.92 Å². The van der Waals surface area contributed by atoms with Crippen molar-refractivity contribution in [2.75, 3.05) is 7.11 Å². The third kappa shape index (κ3) is 1.95. The number of methoxy groups -OCH3 is 1. The maximum absolute atomic E-state index is 11.6. The highest BCUT2D eigenvalue weighted by Gasteiger charge is 2.40. The highest BCUT2D eigenvalue weighted by Crippen LogP contribution is 2.40. The number of hydrogen-bond donors (Lipinski definition) is 1. The Morgan fingerprint density at radius 1 is 1.31 bits per heavy atom. The molecule has 0 saturated heterocycles. The molecule has 1 aliphatic carbocycles. The molecule has 3 nitrogen and oxygen atoms in total. The van der Waals surface area contributed by atoms with Crippen molar-refractivity contribution >= 4 is 5.97 Å². The van der Waals surface area contributed by atoms with Gasteiger partial charge >= 0.3 is 5.97 Å². The summed E-state index contributed by atoms with van der Waals surface area (Å²) in [5.74, 6) is -0.540. The topological polar surface area (TPSA) is 46.5 Å². The summed E-state index contributed by atoms with van der Waals surface area (Å²) in [6, 6.07) is 9.69. The second-order valence-corrected chi connectivity index (χ2v) is 4.21. The molecule has 16 heavy (non-hydrogen) atoms. The molecule has 0 unspecified atom stereocenters. The minimum atomic E-state index is -0.438. The molecular weight excluding hydrogens is 204 g/mol. The molecule has 1 aromatic carbocycles. The van der Waals surface area contributed by atoms with Crippen molar-refractivity contribution in [3.05, 3.63) is 35.9 Å². The van der Waals surface area contributed by atoms with Crippen molar-refractivity contribution < 1.29 is 14.6 Å². The number of aliphatic hydroxyl groups excluding tert-OH is 1. The number of rotatable bonds is 2. The number of carbonyl (C=O) groups is 1. The van der Waals surface area contributed by atoms with Gasteiger partial charge in [-0.1, -0.05) is 30.3 Å². The fourth-order valence-electron chi connectivity index (χ4n) is 2.52. The Morgan fingerprint density at radius 2 is 2.00 bits per heavy atom. The van der Waals surface area contributed by atoms with E-state index in [-0.39, 0.29) is 17.8 Å². The number of benzene rings is 1. The monoisotopic (exact) mass is 220 g/mol. The van der Waals surface area contributed by atoms with Crippen LogP contribution in [0.3, 0.4) is 0 Å². The van der Waals surface area contributed by atoms with Crippen molar-refractivity contribution in [3.63, 3.8) is 0 Å². The third-order valence-electron chi connectivity index (χ3n) is 3.31. The highest BCUT2D eigenvalue weighted by atomic mass is 16.5. The Balaban J connectivity index is 2.26. The van der Waals surface area contributed by atoms with Gasteiger partial charge in [0.2, 0.25) is 0 Å². The lowest BCUT2D eigenvalue weighted by Crippen LogP contribution is -2.24. The van der Waals surface area contributed by atoms with Crippen LogP contribution in [0.25, 0.3) is 0 Å². The zero-order valence-corrected chi connectivity index (χ0v) is 9.30. The third-order valence-corrected chi connectivity index (χ3v) is 3.31. The normalized spacial score (nSPS) is 29.0. The maximum atomic E-state index is 11.6. The number of aliphatic hydroxyl groups is 1. The minimum absolute atomic E-state index is 0.117. The smallest absolute Gasteiger partial charge is 0.309 e. The van der Waals surface area contributed by atoms with E-state index in [0.717, 1.165) is 5.56 Å². The quantitative estimate of drug-likeness (QED) is 0.772. The van der Waals surface area contributed by atoms with Crippen LogP contribution < -0.4 is 0 Å². The molecule has 3 heteroatoms. The van der Waals surface area contributed by atoms with Gasteiger partial charge in [-0.15, -0.1) is 0 Å². The lowest BCUT2D eigenvalue weighted by Gasteiger charge is -2.20. The van der Waals surface area contributed by atoms with Gasteiger partial charge in [-0.2, -0.15) is 0 Å². The van der Waals surface area contributed by atoms with Crippen molar-refractivity contribution in [1.82, 2.24) is 0 Å². The van der Waals surface area contributed by atoms with Crippen LogP contribution in [0.1, 0.15) is 24.3 Å². The van der Waals surface area contributed by atoms with Gasteiger partial charge in [0.1, 0.15) is 0 Å². The summed E-state index contributed by atoms with van der Waals surface area (Å²) in [4.78, 5) is 11.6. The van der Waals surface area contributed by atoms with Crippen LogP contribution in [0.5, 0.6) is 0 Å². The molecular formula is C13H16O3. The van der Waals surface area contributed by atoms with E-state index in [1.165, 1.54) is 7.11 Å². The minimum Gasteiger partial charge on any atom is -0.469 e. The molecule has 1 saturated carbocycles. The zero-order valence-electron chi connectivity index (χ0n) is 9.30. The van der Waals surface area contributed by atoms with E-state index in [4.69, 9.17) is 4.74 Å². The Hall–Kier alpha value is -1.35. The molecule has 0 spiro atoms. The summed E-state index contributed by atoms with van der Waals surface area (Å²) in [6.07, 6.45) is 0.929. The highest BCUT2D eigenvalue weighted by molar-refractivity contribution is 5.74. The van der Waals surface area contributed by atoms with Crippen molar-refractivity contribution in [2.24, 2.45) is 5.92 Å². The van der Waals surface area contributed by atoms with Gasteiger partial charge in [-0.05, 0) is 18.4 Å². The summed E-state index contributed by atoms with van der Waals surface area (Å²) in [5, 5.41) is 9.95. The SMILES string of the molecule is COC(=O)[C@H]1CC[C@H](O)[C@@H]1c1ccccc1. The molecule has 0 heterocycles. The molecule has 1 aliphatic rings. The molecule has 3 atom stereocenters. The first-order valence-corrected chi connectivity index (χ1v) is 5.55. The van der Waals surface area contributed by atoms with E-state index >= 15 is 0 Å². The first kappa shape index (κ1) is 11.1. The molecule has 0 bridgehead atoms. The molecule has 86 valence electrons. The maximum Gasteiger partial charge on any atom is 0.309 e. The Morgan fingerprint density at radius 3 is 2.62 bits per heavy atom. The Kier molecular flexibility index (Phi) is 3.25. The van der Waals surface area contributed by atoms with Gasteiger partial charge in [0, 0.05) is 5.92 Å². The second-order valence-electron chi connectivity index (χ2n) is 4.21. The van der Waals surface area contributed by atoms with Crippen LogP contribution in [0.2, 0.25) is 0 Å². The zero-order chi connectivity index (χ0) is 11.5. The van der Waals surface area contributed by atoms with Gasteiger partial charge in [0.15, 0.2) is 0 Å².